The lowest BCUT2D eigenvalue weighted by Crippen LogP contribution is -2.20. The second kappa shape index (κ2) is 11.1. The van der Waals surface area contributed by atoms with Crippen LogP contribution in [0.2, 0.25) is 0 Å². The van der Waals surface area contributed by atoms with Crippen LogP contribution in [0, 0.1) is 5.92 Å². The summed E-state index contributed by atoms with van der Waals surface area (Å²) in [5.74, 6) is -0.0770. The Balaban J connectivity index is 1.81. The molecule has 3 N–H and O–H groups in total. The van der Waals surface area contributed by atoms with Crippen LogP contribution < -0.4 is 10.8 Å². The van der Waals surface area contributed by atoms with E-state index in [1.54, 1.807) is 5.48 Å². The molecule has 0 heterocycles. The lowest BCUT2D eigenvalue weighted by atomic mass is 9.90. The molecule has 0 aliphatic carbocycles. The minimum Gasteiger partial charge on any atom is -0.326 e. The number of para-hydroxylation sites is 1. The van der Waals surface area contributed by atoms with E-state index in [2.05, 4.69) is 17.4 Å². The second-order valence-corrected chi connectivity index (χ2v) is 6.44. The quantitative estimate of drug-likeness (QED) is 0.447. The molecule has 5 heteroatoms. The lowest BCUT2D eigenvalue weighted by Gasteiger charge is -2.16. The first kappa shape index (κ1) is 19.7. The van der Waals surface area contributed by atoms with Crippen LogP contribution in [0.3, 0.4) is 0 Å². The Bertz CT molecular complexity index is 674. The van der Waals surface area contributed by atoms with Gasteiger partial charge in [0.2, 0.25) is 11.8 Å². The highest BCUT2D eigenvalue weighted by atomic mass is 16.5. The van der Waals surface area contributed by atoms with Crippen molar-refractivity contribution >= 4 is 17.5 Å². The summed E-state index contributed by atoms with van der Waals surface area (Å²) in [6, 6.07) is 19.5. The molecule has 0 fully saturated rings. The van der Waals surface area contributed by atoms with Crippen molar-refractivity contribution < 1.29 is 14.8 Å². The van der Waals surface area contributed by atoms with Crippen LogP contribution >= 0.6 is 0 Å². The average molecular weight is 354 g/mol. The normalized spacial score (nSPS) is 11.6. The molecule has 2 rings (SSSR count). The fraction of sp³-hybridized carbons (Fsp3) is 0.333. The average Bonchev–Trinajstić information content (AvgIpc) is 2.67. The Labute approximate surface area is 154 Å². The number of hydroxylamine groups is 1. The summed E-state index contributed by atoms with van der Waals surface area (Å²) in [7, 11) is 0. The Hall–Kier alpha value is -2.66. The van der Waals surface area contributed by atoms with Gasteiger partial charge in [0, 0.05) is 18.5 Å². The van der Waals surface area contributed by atoms with Gasteiger partial charge in [0.1, 0.15) is 0 Å². The first-order chi connectivity index (χ1) is 12.7. The largest absolute Gasteiger partial charge is 0.326 e. The number of hydrogen-bond donors (Lipinski definition) is 3. The maximum absolute atomic E-state index is 12.1. The standard InChI is InChI=1S/C21H26N2O3/c24-20(22-19-11-5-2-6-12-19)13-7-10-18(14-15-21(25)23-26)16-17-8-3-1-4-9-17/h1-6,8-9,11-12,18,26H,7,10,13-16H2,(H,22,24)(H,23,25)/t18-/m0/s1. The molecule has 0 unspecified atom stereocenters. The molecule has 0 spiro atoms. The van der Waals surface area contributed by atoms with Crippen molar-refractivity contribution in [1.29, 1.82) is 0 Å². The van der Waals surface area contributed by atoms with Crippen molar-refractivity contribution in [2.75, 3.05) is 5.32 Å². The number of hydrogen-bond acceptors (Lipinski definition) is 3. The van der Waals surface area contributed by atoms with E-state index in [4.69, 9.17) is 5.21 Å². The highest BCUT2D eigenvalue weighted by molar-refractivity contribution is 5.90. The highest BCUT2D eigenvalue weighted by Gasteiger charge is 2.13. The van der Waals surface area contributed by atoms with E-state index in [0.29, 0.717) is 18.8 Å². The van der Waals surface area contributed by atoms with E-state index >= 15 is 0 Å². The van der Waals surface area contributed by atoms with Crippen LogP contribution in [0.1, 0.15) is 37.7 Å². The Morgan fingerprint density at radius 1 is 0.846 bits per heavy atom. The number of carbonyl (C=O) groups is 2. The Morgan fingerprint density at radius 3 is 2.15 bits per heavy atom. The molecule has 0 aromatic heterocycles. The van der Waals surface area contributed by atoms with Crippen LogP contribution in [-0.4, -0.2) is 17.0 Å². The van der Waals surface area contributed by atoms with Gasteiger partial charge in [-0.05, 0) is 49.3 Å². The minimum absolute atomic E-state index is 0.00256. The van der Waals surface area contributed by atoms with E-state index < -0.39 is 0 Å². The molecule has 0 saturated carbocycles. The number of rotatable bonds is 10. The summed E-state index contributed by atoms with van der Waals surface area (Å²) in [6.45, 7) is 0. The Morgan fingerprint density at radius 2 is 1.50 bits per heavy atom. The molecule has 5 nitrogen and oxygen atoms in total. The minimum atomic E-state index is -0.370. The summed E-state index contributed by atoms with van der Waals surface area (Å²) in [5, 5.41) is 11.6. The summed E-state index contributed by atoms with van der Waals surface area (Å²) in [5.41, 5.74) is 3.70. The smallest absolute Gasteiger partial charge is 0.243 e. The van der Waals surface area contributed by atoms with Gasteiger partial charge in [-0.3, -0.25) is 14.8 Å². The lowest BCUT2D eigenvalue weighted by molar-refractivity contribution is -0.129. The molecule has 138 valence electrons. The SMILES string of the molecule is O=C(CC[C@H](CCCC(=O)Nc1ccccc1)Cc1ccccc1)NO. The molecular formula is C21H26N2O3. The number of amides is 2. The van der Waals surface area contributed by atoms with Gasteiger partial charge in [0.05, 0.1) is 0 Å². The van der Waals surface area contributed by atoms with E-state index in [9.17, 15) is 9.59 Å². The van der Waals surface area contributed by atoms with Crippen LogP contribution in [-0.2, 0) is 16.0 Å². The van der Waals surface area contributed by atoms with Crippen molar-refractivity contribution in [1.82, 2.24) is 5.48 Å². The van der Waals surface area contributed by atoms with Crippen molar-refractivity contribution in [3.05, 3.63) is 66.2 Å². The van der Waals surface area contributed by atoms with Crippen LogP contribution in [0.5, 0.6) is 0 Å². The third-order valence-corrected chi connectivity index (χ3v) is 4.35. The zero-order valence-electron chi connectivity index (χ0n) is 14.9. The molecule has 0 bridgehead atoms. The summed E-state index contributed by atoms with van der Waals surface area (Å²) >= 11 is 0. The predicted molar refractivity (Wildman–Crippen MR) is 102 cm³/mol. The van der Waals surface area contributed by atoms with Gasteiger partial charge < -0.3 is 5.32 Å². The first-order valence-electron chi connectivity index (χ1n) is 8.99. The molecule has 0 aliphatic heterocycles. The van der Waals surface area contributed by atoms with Gasteiger partial charge in [-0.1, -0.05) is 48.5 Å². The third kappa shape index (κ3) is 7.49. The van der Waals surface area contributed by atoms with Crippen molar-refractivity contribution in [3.63, 3.8) is 0 Å². The highest BCUT2D eigenvalue weighted by Crippen LogP contribution is 2.21. The van der Waals surface area contributed by atoms with Crippen LogP contribution in [0.15, 0.2) is 60.7 Å². The topological polar surface area (TPSA) is 78.4 Å². The molecular weight excluding hydrogens is 328 g/mol. The molecule has 0 radical (unpaired) electrons. The van der Waals surface area contributed by atoms with Crippen molar-refractivity contribution in [2.24, 2.45) is 5.92 Å². The summed E-state index contributed by atoms with van der Waals surface area (Å²) in [6.07, 6.45) is 3.89. The maximum atomic E-state index is 12.1. The van der Waals surface area contributed by atoms with Gasteiger partial charge >= 0.3 is 0 Å². The molecule has 2 aromatic rings. The first-order valence-corrected chi connectivity index (χ1v) is 8.99. The van der Waals surface area contributed by atoms with Crippen molar-refractivity contribution in [3.8, 4) is 0 Å². The van der Waals surface area contributed by atoms with Crippen LogP contribution in [0.4, 0.5) is 5.69 Å². The molecule has 0 saturated heterocycles. The van der Waals surface area contributed by atoms with Gasteiger partial charge in [0.15, 0.2) is 0 Å². The predicted octanol–water partition coefficient (Wildman–Crippen LogP) is 3.94. The molecule has 1 atom stereocenters. The van der Waals surface area contributed by atoms with Crippen LogP contribution in [0.25, 0.3) is 0 Å². The number of benzene rings is 2. The fourth-order valence-electron chi connectivity index (χ4n) is 2.98. The third-order valence-electron chi connectivity index (χ3n) is 4.35. The van der Waals surface area contributed by atoms with E-state index in [0.717, 1.165) is 24.9 Å². The number of anilines is 1. The van der Waals surface area contributed by atoms with Gasteiger partial charge in [-0.25, -0.2) is 5.48 Å². The molecule has 2 amide bonds. The fourth-order valence-corrected chi connectivity index (χ4v) is 2.98. The molecule has 26 heavy (non-hydrogen) atoms. The van der Waals surface area contributed by atoms with Gasteiger partial charge in [-0.2, -0.15) is 0 Å². The summed E-state index contributed by atoms with van der Waals surface area (Å²) < 4.78 is 0. The van der Waals surface area contributed by atoms with E-state index in [1.807, 2.05) is 48.5 Å². The zero-order chi connectivity index (χ0) is 18.6. The van der Waals surface area contributed by atoms with E-state index in [-0.39, 0.29) is 18.2 Å². The van der Waals surface area contributed by atoms with E-state index in [1.165, 1.54) is 5.56 Å². The number of nitrogens with one attached hydrogen (secondary N) is 2. The number of carbonyl (C=O) groups excluding carboxylic acids is 2. The molecule has 2 aromatic carbocycles. The zero-order valence-corrected chi connectivity index (χ0v) is 14.9. The van der Waals surface area contributed by atoms with Gasteiger partial charge in [-0.15, -0.1) is 0 Å². The Kier molecular flexibility index (Phi) is 8.36. The van der Waals surface area contributed by atoms with Crippen molar-refractivity contribution in [2.45, 2.75) is 38.5 Å². The molecule has 0 aliphatic rings. The monoisotopic (exact) mass is 354 g/mol. The second-order valence-electron chi connectivity index (χ2n) is 6.44. The van der Waals surface area contributed by atoms with Gasteiger partial charge in [0.25, 0.3) is 0 Å². The maximum Gasteiger partial charge on any atom is 0.243 e. The summed E-state index contributed by atoms with van der Waals surface area (Å²) in [4.78, 5) is 23.4.